The van der Waals surface area contributed by atoms with Crippen LogP contribution in [0.4, 0.5) is 13.2 Å². The highest BCUT2D eigenvalue weighted by molar-refractivity contribution is 6.00. The lowest BCUT2D eigenvalue weighted by Crippen LogP contribution is -2.19. The van der Waals surface area contributed by atoms with Crippen molar-refractivity contribution in [3.63, 3.8) is 0 Å². The zero-order chi connectivity index (χ0) is 15.5. The fourth-order valence-electron chi connectivity index (χ4n) is 2.76. The lowest BCUT2D eigenvalue weighted by molar-refractivity contribution is -0.137. The van der Waals surface area contributed by atoms with Crippen molar-refractivity contribution in [1.29, 1.82) is 0 Å². The second-order valence-corrected chi connectivity index (χ2v) is 5.34. The Balaban J connectivity index is 2.35. The lowest BCUT2D eigenvalue weighted by atomic mass is 9.83. The quantitative estimate of drug-likeness (QED) is 0.742. The number of carbonyl (C=O) groups excluding carboxylic acids is 1. The standard InChI is InChI=1S/C16H19F3O2/c1-2-21-14-9-8-12(16(17,18)19)10-13(14)15(20)11-6-4-3-5-7-11/h8-11H,2-7H2,1H3. The second kappa shape index (κ2) is 6.50. The van der Waals surface area contributed by atoms with Crippen molar-refractivity contribution < 1.29 is 22.7 Å². The van der Waals surface area contributed by atoms with Gasteiger partial charge in [0.25, 0.3) is 0 Å². The minimum atomic E-state index is -4.45. The zero-order valence-electron chi connectivity index (χ0n) is 12.0. The molecular weight excluding hydrogens is 281 g/mol. The van der Waals surface area contributed by atoms with E-state index in [0.29, 0.717) is 6.61 Å². The van der Waals surface area contributed by atoms with Gasteiger partial charge in [0.05, 0.1) is 17.7 Å². The van der Waals surface area contributed by atoms with E-state index in [4.69, 9.17) is 4.74 Å². The van der Waals surface area contributed by atoms with Gasteiger partial charge in [-0.25, -0.2) is 0 Å². The molecule has 5 heteroatoms. The molecule has 116 valence electrons. The summed E-state index contributed by atoms with van der Waals surface area (Å²) in [4.78, 5) is 12.5. The van der Waals surface area contributed by atoms with E-state index in [1.807, 2.05) is 0 Å². The van der Waals surface area contributed by atoms with Gasteiger partial charge >= 0.3 is 6.18 Å². The first-order valence-electron chi connectivity index (χ1n) is 7.31. The van der Waals surface area contributed by atoms with E-state index < -0.39 is 11.7 Å². The SMILES string of the molecule is CCOc1ccc(C(F)(F)F)cc1C(=O)C1CCCCC1. The third-order valence-corrected chi connectivity index (χ3v) is 3.85. The third kappa shape index (κ3) is 3.77. The van der Waals surface area contributed by atoms with E-state index >= 15 is 0 Å². The number of alkyl halides is 3. The van der Waals surface area contributed by atoms with E-state index in [2.05, 4.69) is 0 Å². The van der Waals surface area contributed by atoms with Crippen LogP contribution in [-0.4, -0.2) is 12.4 Å². The van der Waals surface area contributed by atoms with E-state index in [1.165, 1.54) is 6.07 Å². The molecule has 0 aromatic heterocycles. The number of hydrogen-bond acceptors (Lipinski definition) is 2. The van der Waals surface area contributed by atoms with Crippen LogP contribution in [0.5, 0.6) is 5.75 Å². The Morgan fingerprint density at radius 3 is 2.48 bits per heavy atom. The summed E-state index contributed by atoms with van der Waals surface area (Å²) < 4.78 is 43.8. The van der Waals surface area contributed by atoms with Crippen LogP contribution in [0.2, 0.25) is 0 Å². The van der Waals surface area contributed by atoms with Gasteiger partial charge in [-0.05, 0) is 38.0 Å². The summed E-state index contributed by atoms with van der Waals surface area (Å²) in [5.74, 6) is -0.147. The zero-order valence-corrected chi connectivity index (χ0v) is 12.0. The molecule has 1 aromatic carbocycles. The van der Waals surface area contributed by atoms with Crippen LogP contribution in [0, 0.1) is 5.92 Å². The van der Waals surface area contributed by atoms with Gasteiger partial charge in [-0.3, -0.25) is 4.79 Å². The molecule has 2 nitrogen and oxygen atoms in total. The molecule has 0 unspecified atom stereocenters. The van der Waals surface area contributed by atoms with Gasteiger partial charge in [-0.2, -0.15) is 13.2 Å². The second-order valence-electron chi connectivity index (χ2n) is 5.34. The van der Waals surface area contributed by atoms with Gasteiger partial charge in [0.2, 0.25) is 0 Å². The molecule has 1 aliphatic rings. The average molecular weight is 300 g/mol. The minimum absolute atomic E-state index is 0.0681. The van der Waals surface area contributed by atoms with Crippen LogP contribution in [0.3, 0.4) is 0 Å². The van der Waals surface area contributed by atoms with Crippen molar-refractivity contribution in [2.45, 2.75) is 45.2 Å². The average Bonchev–Trinajstić information content (AvgIpc) is 2.47. The lowest BCUT2D eigenvalue weighted by Gasteiger charge is -2.22. The summed E-state index contributed by atoms with van der Waals surface area (Å²) in [5.41, 5.74) is -0.733. The number of halogens is 3. The Kier molecular flexibility index (Phi) is 4.91. The highest BCUT2D eigenvalue weighted by atomic mass is 19.4. The molecule has 1 aliphatic carbocycles. The maximum atomic E-state index is 12.8. The fourth-order valence-corrected chi connectivity index (χ4v) is 2.76. The number of hydrogen-bond donors (Lipinski definition) is 0. The molecule has 0 N–H and O–H groups in total. The number of ketones is 1. The van der Waals surface area contributed by atoms with Gasteiger partial charge in [0, 0.05) is 5.92 Å². The maximum absolute atomic E-state index is 12.8. The molecule has 21 heavy (non-hydrogen) atoms. The summed E-state index contributed by atoms with van der Waals surface area (Å²) in [5, 5.41) is 0. The Bertz CT molecular complexity index is 503. The fraction of sp³-hybridized carbons (Fsp3) is 0.562. The van der Waals surface area contributed by atoms with Crippen LogP contribution >= 0.6 is 0 Å². The normalized spacial score (nSPS) is 16.8. The van der Waals surface area contributed by atoms with E-state index in [0.717, 1.165) is 44.2 Å². The van der Waals surface area contributed by atoms with Crippen LogP contribution in [-0.2, 0) is 6.18 Å². The highest BCUT2D eigenvalue weighted by Gasteiger charge is 2.33. The predicted octanol–water partition coefficient (Wildman–Crippen LogP) is 4.87. The van der Waals surface area contributed by atoms with Gasteiger partial charge in [0.15, 0.2) is 5.78 Å². The number of benzene rings is 1. The summed E-state index contributed by atoms with van der Waals surface area (Å²) in [6, 6.07) is 3.15. The molecule has 0 spiro atoms. The monoisotopic (exact) mass is 300 g/mol. The molecule has 0 bridgehead atoms. The largest absolute Gasteiger partial charge is 0.493 e. The highest BCUT2D eigenvalue weighted by Crippen LogP contribution is 2.35. The number of carbonyl (C=O) groups is 1. The van der Waals surface area contributed by atoms with Gasteiger partial charge < -0.3 is 4.74 Å². The summed E-state index contributed by atoms with van der Waals surface area (Å²) >= 11 is 0. The first kappa shape index (κ1) is 15.9. The molecule has 1 aromatic rings. The van der Waals surface area contributed by atoms with Crippen molar-refractivity contribution in [2.75, 3.05) is 6.61 Å². The maximum Gasteiger partial charge on any atom is 0.416 e. The molecule has 0 atom stereocenters. The molecule has 1 fully saturated rings. The van der Waals surface area contributed by atoms with Gasteiger partial charge in [-0.15, -0.1) is 0 Å². The van der Waals surface area contributed by atoms with Crippen LogP contribution in [0.1, 0.15) is 54.9 Å². The minimum Gasteiger partial charge on any atom is -0.493 e. The molecule has 1 saturated carbocycles. The number of rotatable bonds is 4. The summed E-state index contributed by atoms with van der Waals surface area (Å²) in [6.07, 6.45) is 0.0526. The molecule has 0 saturated heterocycles. The Morgan fingerprint density at radius 2 is 1.90 bits per heavy atom. The third-order valence-electron chi connectivity index (χ3n) is 3.85. The summed E-state index contributed by atoms with van der Waals surface area (Å²) in [7, 11) is 0. The van der Waals surface area contributed by atoms with Crippen LogP contribution in [0.15, 0.2) is 18.2 Å². The van der Waals surface area contributed by atoms with Crippen molar-refractivity contribution in [2.24, 2.45) is 5.92 Å². The Morgan fingerprint density at radius 1 is 1.24 bits per heavy atom. The summed E-state index contributed by atoms with van der Waals surface area (Å²) in [6.45, 7) is 2.06. The predicted molar refractivity (Wildman–Crippen MR) is 73.5 cm³/mol. The Hall–Kier alpha value is -1.52. The van der Waals surface area contributed by atoms with Crippen molar-refractivity contribution in [3.05, 3.63) is 29.3 Å². The van der Waals surface area contributed by atoms with Crippen LogP contribution in [0.25, 0.3) is 0 Å². The van der Waals surface area contributed by atoms with Crippen molar-refractivity contribution in [3.8, 4) is 5.75 Å². The van der Waals surface area contributed by atoms with E-state index in [1.54, 1.807) is 6.92 Å². The molecule has 0 heterocycles. The van der Waals surface area contributed by atoms with Gasteiger partial charge in [0.1, 0.15) is 5.75 Å². The van der Waals surface area contributed by atoms with Crippen molar-refractivity contribution >= 4 is 5.78 Å². The number of Topliss-reactive ketones (excluding diaryl/α,β-unsaturated/α-hetero) is 1. The van der Waals surface area contributed by atoms with E-state index in [9.17, 15) is 18.0 Å². The topological polar surface area (TPSA) is 26.3 Å². The molecule has 2 rings (SSSR count). The van der Waals surface area contributed by atoms with Crippen LogP contribution < -0.4 is 4.74 Å². The van der Waals surface area contributed by atoms with Gasteiger partial charge in [-0.1, -0.05) is 19.3 Å². The molecule has 0 amide bonds. The van der Waals surface area contributed by atoms with Crippen molar-refractivity contribution in [1.82, 2.24) is 0 Å². The smallest absolute Gasteiger partial charge is 0.416 e. The first-order valence-corrected chi connectivity index (χ1v) is 7.31. The molecule has 0 radical (unpaired) electrons. The Labute approximate surface area is 122 Å². The van der Waals surface area contributed by atoms with E-state index in [-0.39, 0.29) is 23.0 Å². The molecule has 0 aliphatic heterocycles. The first-order chi connectivity index (χ1) is 9.93. The molecular formula is C16H19F3O2. The number of ether oxygens (including phenoxy) is 1.